The molecular formula is C22H30N6O3. The molecule has 0 aromatic carbocycles. The van der Waals surface area contributed by atoms with Crippen molar-refractivity contribution in [1.29, 1.82) is 0 Å². The summed E-state index contributed by atoms with van der Waals surface area (Å²) in [5, 5.41) is 7.55. The van der Waals surface area contributed by atoms with Crippen molar-refractivity contribution < 1.29 is 14.2 Å². The second-order valence-electron chi connectivity index (χ2n) is 8.42. The highest BCUT2D eigenvalue weighted by atomic mass is 16.6. The van der Waals surface area contributed by atoms with Gasteiger partial charge in [0.15, 0.2) is 0 Å². The Morgan fingerprint density at radius 3 is 2.61 bits per heavy atom. The van der Waals surface area contributed by atoms with Crippen molar-refractivity contribution in [2.75, 3.05) is 44.2 Å². The van der Waals surface area contributed by atoms with Gasteiger partial charge in [-0.1, -0.05) is 16.4 Å². The summed E-state index contributed by atoms with van der Waals surface area (Å²) in [5.41, 5.74) is 1.27. The first-order valence-electron chi connectivity index (χ1n) is 11.1. The van der Waals surface area contributed by atoms with E-state index in [4.69, 9.17) is 0 Å². The monoisotopic (exact) mass is 426 g/mol. The molecular weight excluding hydrogens is 396 g/mol. The third-order valence-corrected chi connectivity index (χ3v) is 6.31. The van der Waals surface area contributed by atoms with Crippen LogP contribution in [-0.2, 0) is 16.0 Å². The predicted molar refractivity (Wildman–Crippen MR) is 114 cm³/mol. The molecule has 2 saturated heterocycles. The van der Waals surface area contributed by atoms with E-state index in [1.54, 1.807) is 13.1 Å². The summed E-state index contributed by atoms with van der Waals surface area (Å²) in [4.78, 5) is 35.8. The van der Waals surface area contributed by atoms with Crippen LogP contribution < -0.4 is 4.90 Å². The normalized spacial score (nSPS) is 19.5. The molecule has 4 heterocycles. The lowest BCUT2D eigenvalue weighted by Gasteiger charge is -2.36. The number of hydrogen-bond donors (Lipinski definition) is 0. The molecule has 0 spiro atoms. The van der Waals surface area contributed by atoms with E-state index in [2.05, 4.69) is 24.8 Å². The van der Waals surface area contributed by atoms with Crippen LogP contribution in [0, 0.1) is 12.8 Å². The minimum atomic E-state index is 0.0560. The maximum atomic E-state index is 12.7. The van der Waals surface area contributed by atoms with Crippen LogP contribution in [0.5, 0.6) is 0 Å². The van der Waals surface area contributed by atoms with Gasteiger partial charge in [0.2, 0.25) is 11.8 Å². The summed E-state index contributed by atoms with van der Waals surface area (Å²) in [7, 11) is 0. The smallest absolute Gasteiger partial charge is 0.228 e. The number of piperidine rings is 1. The number of carbonyl (C=O) groups excluding carboxylic acids is 2. The Labute approximate surface area is 182 Å². The zero-order valence-corrected chi connectivity index (χ0v) is 18.1. The molecule has 4 rings (SSSR count). The Hall–Kier alpha value is -2.97. The Bertz CT molecular complexity index is 878. The number of piperazine rings is 1. The van der Waals surface area contributed by atoms with Crippen molar-refractivity contribution >= 4 is 17.6 Å². The van der Waals surface area contributed by atoms with Crippen molar-refractivity contribution in [2.24, 2.45) is 5.92 Å². The van der Waals surface area contributed by atoms with E-state index in [-0.39, 0.29) is 18.2 Å². The number of nitrogens with zero attached hydrogens (tertiary/aromatic N) is 6. The minimum Gasteiger partial charge on any atom is -0.353 e. The molecule has 0 N–H and O–H groups in total. The van der Waals surface area contributed by atoms with Gasteiger partial charge in [0, 0.05) is 51.9 Å². The second-order valence-corrected chi connectivity index (χ2v) is 8.42. The maximum absolute atomic E-state index is 12.7. The van der Waals surface area contributed by atoms with E-state index < -0.39 is 0 Å². The van der Waals surface area contributed by atoms with Crippen molar-refractivity contribution in [3.8, 4) is 0 Å². The maximum Gasteiger partial charge on any atom is 0.228 e. The summed E-state index contributed by atoms with van der Waals surface area (Å²) in [6.07, 6.45) is 5.44. The van der Waals surface area contributed by atoms with E-state index in [1.165, 1.54) is 0 Å². The summed E-state index contributed by atoms with van der Waals surface area (Å²) in [6, 6.07) is 5.91. The average Bonchev–Trinajstić information content (AvgIpc) is 3.22. The van der Waals surface area contributed by atoms with Crippen molar-refractivity contribution in [3.05, 3.63) is 35.8 Å². The minimum absolute atomic E-state index is 0.0560. The van der Waals surface area contributed by atoms with Gasteiger partial charge in [-0.3, -0.25) is 9.59 Å². The summed E-state index contributed by atoms with van der Waals surface area (Å²) >= 11 is 0. The van der Waals surface area contributed by atoms with Crippen LogP contribution in [0.1, 0.15) is 37.1 Å². The molecule has 1 unspecified atom stereocenters. The van der Waals surface area contributed by atoms with Crippen LogP contribution in [0.25, 0.3) is 0 Å². The molecule has 2 aliphatic heterocycles. The molecule has 166 valence electrons. The third kappa shape index (κ3) is 5.39. The molecule has 0 radical (unpaired) electrons. The fraction of sp³-hybridized carbons (Fsp3) is 0.591. The first-order valence-corrected chi connectivity index (χ1v) is 11.1. The van der Waals surface area contributed by atoms with Gasteiger partial charge in [-0.2, -0.15) is 0 Å². The van der Waals surface area contributed by atoms with Gasteiger partial charge in [0.1, 0.15) is 17.2 Å². The van der Waals surface area contributed by atoms with Gasteiger partial charge >= 0.3 is 0 Å². The van der Waals surface area contributed by atoms with Gasteiger partial charge in [0.05, 0.1) is 6.42 Å². The van der Waals surface area contributed by atoms with Crippen LogP contribution in [0.4, 0.5) is 5.82 Å². The van der Waals surface area contributed by atoms with Crippen LogP contribution in [0.15, 0.2) is 29.0 Å². The van der Waals surface area contributed by atoms with E-state index in [0.717, 1.165) is 57.8 Å². The number of pyridine rings is 1. The third-order valence-electron chi connectivity index (χ3n) is 6.31. The summed E-state index contributed by atoms with van der Waals surface area (Å²) < 4.78 is 4.69. The largest absolute Gasteiger partial charge is 0.353 e. The van der Waals surface area contributed by atoms with Crippen LogP contribution >= 0.6 is 0 Å². The van der Waals surface area contributed by atoms with Crippen molar-refractivity contribution in [3.63, 3.8) is 0 Å². The summed E-state index contributed by atoms with van der Waals surface area (Å²) in [5.74, 6) is 1.61. The van der Waals surface area contributed by atoms with E-state index >= 15 is 0 Å². The summed E-state index contributed by atoms with van der Waals surface area (Å²) in [6.45, 7) is 6.36. The zero-order valence-electron chi connectivity index (χ0n) is 18.1. The quantitative estimate of drug-likeness (QED) is 0.693. The highest BCUT2D eigenvalue weighted by Crippen LogP contribution is 2.23. The van der Waals surface area contributed by atoms with Gasteiger partial charge in [-0.25, -0.2) is 9.61 Å². The fourth-order valence-corrected chi connectivity index (χ4v) is 4.40. The lowest BCUT2D eigenvalue weighted by molar-refractivity contribution is -0.132. The molecule has 9 nitrogen and oxygen atoms in total. The van der Waals surface area contributed by atoms with Gasteiger partial charge < -0.3 is 14.7 Å². The van der Waals surface area contributed by atoms with Gasteiger partial charge in [0.25, 0.3) is 0 Å². The molecule has 2 aromatic rings. The average molecular weight is 427 g/mol. The zero-order chi connectivity index (χ0) is 21.6. The molecule has 31 heavy (non-hydrogen) atoms. The van der Waals surface area contributed by atoms with Crippen LogP contribution in [-0.4, -0.2) is 76.2 Å². The van der Waals surface area contributed by atoms with Crippen molar-refractivity contribution in [1.82, 2.24) is 25.1 Å². The second kappa shape index (κ2) is 9.89. The molecule has 0 aliphatic carbocycles. The fourth-order valence-electron chi connectivity index (χ4n) is 4.40. The van der Waals surface area contributed by atoms with Crippen molar-refractivity contribution in [2.45, 2.75) is 39.0 Å². The Morgan fingerprint density at radius 2 is 1.90 bits per heavy atom. The highest BCUT2D eigenvalue weighted by molar-refractivity contribution is 5.78. The lowest BCUT2D eigenvalue weighted by Crippen LogP contribution is -2.49. The molecule has 0 bridgehead atoms. The molecule has 0 saturated carbocycles. The Kier molecular flexibility index (Phi) is 6.79. The van der Waals surface area contributed by atoms with Crippen LogP contribution in [0.2, 0.25) is 0 Å². The number of anilines is 1. The topological polar surface area (TPSA) is 95.7 Å². The number of aromatic nitrogens is 3. The number of carbonyl (C=O) groups is 2. The highest BCUT2D eigenvalue weighted by Gasteiger charge is 2.27. The van der Waals surface area contributed by atoms with Gasteiger partial charge in [-0.15, -0.1) is 0 Å². The van der Waals surface area contributed by atoms with E-state index in [9.17, 15) is 9.59 Å². The molecule has 1 atom stereocenters. The number of hydrogen-bond acceptors (Lipinski definition) is 7. The molecule has 2 aliphatic rings. The van der Waals surface area contributed by atoms with Gasteiger partial charge in [-0.05, 0) is 44.2 Å². The Morgan fingerprint density at radius 1 is 1.06 bits per heavy atom. The standard InChI is InChI=1S/C22H30N6O3/c1-17-19(25-31-24-17)15-22(30)28-10-4-5-18(16-28)7-8-21(29)27-13-11-26(12-14-27)20-6-2-3-9-23-20/h2-3,6,9,18H,4-5,7-8,10-16H2,1H3. The lowest BCUT2D eigenvalue weighted by atomic mass is 9.92. The number of likely N-dealkylation sites (tertiary alicyclic amines) is 1. The number of amides is 2. The van der Waals surface area contributed by atoms with E-state index in [1.807, 2.05) is 28.0 Å². The SMILES string of the molecule is Cc1nonc1CC(=O)N1CCCC(CCC(=O)N2CCN(c3ccccn3)CC2)C1. The predicted octanol–water partition coefficient (Wildman–Crippen LogP) is 1.68. The molecule has 2 amide bonds. The Balaban J connectivity index is 1.20. The van der Waals surface area contributed by atoms with Crippen LogP contribution in [0.3, 0.4) is 0 Å². The number of rotatable bonds is 6. The van der Waals surface area contributed by atoms with E-state index in [0.29, 0.717) is 30.3 Å². The first-order chi connectivity index (χ1) is 15.1. The molecule has 2 aromatic heterocycles. The molecule has 9 heteroatoms. The first kappa shape index (κ1) is 21.3. The number of aryl methyl sites for hydroxylation is 1. The molecule has 2 fully saturated rings.